The van der Waals surface area contributed by atoms with Gasteiger partial charge in [-0.25, -0.2) is 4.39 Å². The molecule has 3 nitrogen and oxygen atoms in total. The number of hydrogen-bond donors (Lipinski definition) is 2. The number of aliphatic hydroxyl groups excluding tert-OH is 1. The van der Waals surface area contributed by atoms with E-state index in [4.69, 9.17) is 4.74 Å². The van der Waals surface area contributed by atoms with Crippen LogP contribution in [0.2, 0.25) is 0 Å². The Morgan fingerprint density at radius 2 is 2.30 bits per heavy atom. The van der Waals surface area contributed by atoms with E-state index in [9.17, 15) is 9.50 Å². The molecule has 4 heteroatoms. The quantitative estimate of drug-likeness (QED) is 0.871. The van der Waals surface area contributed by atoms with Gasteiger partial charge >= 0.3 is 0 Å². The van der Waals surface area contributed by atoms with Crippen molar-refractivity contribution in [2.45, 2.75) is 45.3 Å². The zero-order chi connectivity index (χ0) is 14.5. The molecule has 1 aromatic carbocycles. The van der Waals surface area contributed by atoms with Crippen molar-refractivity contribution in [2.24, 2.45) is 5.92 Å². The lowest BCUT2D eigenvalue weighted by Crippen LogP contribution is -2.34. The minimum Gasteiger partial charge on any atom is -0.493 e. The van der Waals surface area contributed by atoms with Gasteiger partial charge in [0.2, 0.25) is 0 Å². The Balaban J connectivity index is 2.06. The molecule has 0 aromatic heterocycles. The van der Waals surface area contributed by atoms with E-state index in [0.717, 1.165) is 30.6 Å². The Morgan fingerprint density at radius 3 is 3.05 bits per heavy atom. The zero-order valence-corrected chi connectivity index (χ0v) is 12.2. The van der Waals surface area contributed by atoms with E-state index in [0.29, 0.717) is 13.2 Å². The molecule has 2 N–H and O–H groups in total. The van der Waals surface area contributed by atoms with Crippen molar-refractivity contribution in [1.82, 2.24) is 5.32 Å². The Bertz CT molecular complexity index is 438. The first-order valence-corrected chi connectivity index (χ1v) is 7.45. The average Bonchev–Trinajstić information content (AvgIpc) is 2.65. The van der Waals surface area contributed by atoms with Gasteiger partial charge in [-0.05, 0) is 37.0 Å². The van der Waals surface area contributed by atoms with E-state index in [1.807, 2.05) is 6.92 Å². The molecule has 3 unspecified atom stereocenters. The van der Waals surface area contributed by atoms with Crippen LogP contribution in [0.15, 0.2) is 18.2 Å². The summed E-state index contributed by atoms with van der Waals surface area (Å²) in [7, 11) is 0. The summed E-state index contributed by atoms with van der Waals surface area (Å²) in [6.07, 6.45) is 2.39. The molecule has 0 saturated carbocycles. The fourth-order valence-corrected chi connectivity index (χ4v) is 2.50. The molecule has 3 atom stereocenters. The van der Waals surface area contributed by atoms with Crippen LogP contribution in [-0.4, -0.2) is 24.4 Å². The van der Waals surface area contributed by atoms with Crippen molar-refractivity contribution in [3.8, 4) is 5.75 Å². The lowest BCUT2D eigenvalue weighted by atomic mass is 9.99. The highest BCUT2D eigenvalue weighted by atomic mass is 19.1. The molecule has 1 aromatic rings. The molecule has 0 amide bonds. The van der Waals surface area contributed by atoms with Crippen LogP contribution in [-0.2, 0) is 0 Å². The van der Waals surface area contributed by atoms with Gasteiger partial charge in [-0.1, -0.05) is 20.3 Å². The number of nitrogens with one attached hydrogen (secondary N) is 1. The molecule has 2 rings (SSSR count). The molecule has 1 aliphatic rings. The number of ether oxygens (including phenoxy) is 1. The Labute approximate surface area is 120 Å². The van der Waals surface area contributed by atoms with Crippen molar-refractivity contribution in [3.05, 3.63) is 29.6 Å². The molecule has 112 valence electrons. The maximum Gasteiger partial charge on any atom is 0.124 e. The summed E-state index contributed by atoms with van der Waals surface area (Å²) in [6.45, 7) is 5.29. The van der Waals surface area contributed by atoms with E-state index >= 15 is 0 Å². The fraction of sp³-hybridized carbons (Fsp3) is 0.625. The summed E-state index contributed by atoms with van der Waals surface area (Å²) in [4.78, 5) is 0. The minimum absolute atomic E-state index is 0.0434. The zero-order valence-electron chi connectivity index (χ0n) is 12.2. The van der Waals surface area contributed by atoms with Crippen molar-refractivity contribution in [2.75, 3.05) is 13.2 Å². The number of benzene rings is 1. The summed E-state index contributed by atoms with van der Waals surface area (Å²) in [5.41, 5.74) is 0.860. The third-order valence-corrected chi connectivity index (χ3v) is 4.12. The van der Waals surface area contributed by atoms with Crippen LogP contribution in [0.5, 0.6) is 5.75 Å². The molecule has 20 heavy (non-hydrogen) atoms. The van der Waals surface area contributed by atoms with Gasteiger partial charge in [0.05, 0.1) is 12.7 Å². The van der Waals surface area contributed by atoms with Gasteiger partial charge < -0.3 is 15.2 Å². The first kappa shape index (κ1) is 15.3. The molecule has 0 fully saturated rings. The summed E-state index contributed by atoms with van der Waals surface area (Å²) in [5.74, 6) is 0.763. The van der Waals surface area contributed by atoms with Gasteiger partial charge in [0.1, 0.15) is 11.6 Å². The lowest BCUT2D eigenvalue weighted by molar-refractivity contribution is 0.109. The van der Waals surface area contributed by atoms with Crippen molar-refractivity contribution >= 4 is 0 Å². The molecular weight excluding hydrogens is 257 g/mol. The van der Waals surface area contributed by atoms with Crippen molar-refractivity contribution in [3.63, 3.8) is 0 Å². The van der Waals surface area contributed by atoms with Crippen LogP contribution in [0, 0.1) is 11.7 Å². The number of rotatable bonds is 5. The maximum absolute atomic E-state index is 13.4. The van der Waals surface area contributed by atoms with Gasteiger partial charge in [0, 0.05) is 18.2 Å². The van der Waals surface area contributed by atoms with Crippen LogP contribution >= 0.6 is 0 Å². The Morgan fingerprint density at radius 1 is 1.50 bits per heavy atom. The van der Waals surface area contributed by atoms with E-state index < -0.39 is 0 Å². The van der Waals surface area contributed by atoms with Gasteiger partial charge in [0.15, 0.2) is 0 Å². The largest absolute Gasteiger partial charge is 0.493 e. The second-order valence-corrected chi connectivity index (χ2v) is 5.59. The highest BCUT2D eigenvalue weighted by Crippen LogP contribution is 2.32. The van der Waals surface area contributed by atoms with Crippen LogP contribution in [0.1, 0.15) is 44.7 Å². The van der Waals surface area contributed by atoms with Crippen LogP contribution < -0.4 is 10.1 Å². The first-order chi connectivity index (χ1) is 9.61. The third-order valence-electron chi connectivity index (χ3n) is 4.12. The molecular formula is C16H24FNO2. The first-order valence-electron chi connectivity index (χ1n) is 7.45. The summed E-state index contributed by atoms with van der Waals surface area (Å²) < 4.78 is 19.1. The SMILES string of the molecule is CCC(C)C(O)CNC1CCCOc2ccc(F)cc21. The average molecular weight is 281 g/mol. The van der Waals surface area contributed by atoms with E-state index in [1.165, 1.54) is 12.1 Å². The van der Waals surface area contributed by atoms with Crippen LogP contribution in [0.4, 0.5) is 4.39 Å². The van der Waals surface area contributed by atoms with Crippen molar-refractivity contribution in [1.29, 1.82) is 0 Å². The molecule has 0 saturated heterocycles. The molecule has 0 spiro atoms. The van der Waals surface area contributed by atoms with Gasteiger partial charge in [0.25, 0.3) is 0 Å². The van der Waals surface area contributed by atoms with Crippen molar-refractivity contribution < 1.29 is 14.2 Å². The van der Waals surface area contributed by atoms with E-state index in [1.54, 1.807) is 6.07 Å². The standard InChI is InChI=1S/C16H24FNO2/c1-3-11(2)15(19)10-18-14-5-4-8-20-16-7-6-12(17)9-13(14)16/h6-7,9,11,14-15,18-19H,3-5,8,10H2,1-2H3. The van der Waals surface area contributed by atoms with E-state index in [-0.39, 0.29) is 23.9 Å². The van der Waals surface area contributed by atoms with Gasteiger partial charge in [-0.2, -0.15) is 0 Å². The number of hydrogen-bond acceptors (Lipinski definition) is 3. The lowest BCUT2D eigenvalue weighted by Gasteiger charge is -2.23. The summed E-state index contributed by atoms with van der Waals surface area (Å²) in [6, 6.07) is 4.70. The Hall–Kier alpha value is -1.13. The highest BCUT2D eigenvalue weighted by Gasteiger charge is 2.22. The second-order valence-electron chi connectivity index (χ2n) is 5.59. The predicted molar refractivity (Wildman–Crippen MR) is 77.3 cm³/mol. The second kappa shape index (κ2) is 7.04. The normalized spacial score (nSPS) is 21.5. The molecule has 1 aliphatic heterocycles. The maximum atomic E-state index is 13.4. The molecule has 0 radical (unpaired) electrons. The fourth-order valence-electron chi connectivity index (χ4n) is 2.50. The van der Waals surface area contributed by atoms with Gasteiger partial charge in [-0.3, -0.25) is 0 Å². The smallest absolute Gasteiger partial charge is 0.124 e. The minimum atomic E-state index is -0.374. The van der Waals surface area contributed by atoms with Crippen LogP contribution in [0.3, 0.4) is 0 Å². The monoisotopic (exact) mass is 281 g/mol. The molecule has 0 bridgehead atoms. The number of fused-ring (bicyclic) bond motifs is 1. The number of aliphatic hydroxyl groups is 1. The molecule has 0 aliphatic carbocycles. The molecule has 1 heterocycles. The predicted octanol–water partition coefficient (Wildman–Crippen LogP) is 3.04. The van der Waals surface area contributed by atoms with E-state index in [2.05, 4.69) is 12.2 Å². The summed E-state index contributed by atoms with van der Waals surface area (Å²) >= 11 is 0. The summed E-state index contributed by atoms with van der Waals surface area (Å²) in [5, 5.41) is 13.4. The third kappa shape index (κ3) is 3.70. The van der Waals surface area contributed by atoms with Crippen LogP contribution in [0.25, 0.3) is 0 Å². The van der Waals surface area contributed by atoms with Gasteiger partial charge in [-0.15, -0.1) is 0 Å². The highest BCUT2D eigenvalue weighted by molar-refractivity contribution is 5.37. The number of halogens is 1. The topological polar surface area (TPSA) is 41.5 Å². The Kier molecular flexibility index (Phi) is 5.38.